The normalized spacial score (nSPS) is 11.2. The van der Waals surface area contributed by atoms with Crippen molar-refractivity contribution in [3.05, 3.63) is 89.3 Å². The number of imidazole rings is 1. The summed E-state index contributed by atoms with van der Waals surface area (Å²) < 4.78 is 33.7. The molecule has 0 unspecified atom stereocenters. The maximum absolute atomic E-state index is 11.4. The van der Waals surface area contributed by atoms with Gasteiger partial charge in [0.2, 0.25) is 5.91 Å². The highest BCUT2D eigenvalue weighted by atomic mass is 35.5. The standard InChI is InChI=1S/C23H16ClN5O.C2HF3O2/c24-18-11-16(4-5-17(18)22(25)30)20-7-8-21-23(28-20)29(13-27-21)12-14-3-6-19-15(10-14)2-1-9-26-19;3-2(4,5)1(6)7/h1-11,13H,12H2,(H2,25,30);(H,6,7). The Kier molecular flexibility index (Phi) is 7.07. The number of carboxylic acid groups (broad SMARTS) is 1. The number of benzene rings is 2. The minimum atomic E-state index is -5.08. The number of nitrogens with two attached hydrogens (primary N) is 1. The summed E-state index contributed by atoms with van der Waals surface area (Å²) in [5.74, 6) is -3.31. The van der Waals surface area contributed by atoms with Gasteiger partial charge in [-0.05, 0) is 48.0 Å². The lowest BCUT2D eigenvalue weighted by molar-refractivity contribution is -0.192. The van der Waals surface area contributed by atoms with Crippen molar-refractivity contribution in [3.8, 4) is 11.3 Å². The van der Waals surface area contributed by atoms with E-state index >= 15 is 0 Å². The fourth-order valence-electron chi connectivity index (χ4n) is 3.51. The van der Waals surface area contributed by atoms with E-state index in [9.17, 15) is 18.0 Å². The van der Waals surface area contributed by atoms with Crippen LogP contribution in [0.4, 0.5) is 13.2 Å². The van der Waals surface area contributed by atoms with Gasteiger partial charge in [0.1, 0.15) is 5.52 Å². The maximum Gasteiger partial charge on any atom is 0.490 e. The quantitative estimate of drug-likeness (QED) is 0.336. The molecule has 188 valence electrons. The number of primary amides is 1. The number of carboxylic acids is 1. The molecule has 0 atom stereocenters. The lowest BCUT2D eigenvalue weighted by Crippen LogP contribution is -2.21. The van der Waals surface area contributed by atoms with Crippen molar-refractivity contribution in [1.82, 2.24) is 19.5 Å². The molecule has 3 aromatic heterocycles. The summed E-state index contributed by atoms with van der Waals surface area (Å²) in [5.41, 5.74) is 10.8. The van der Waals surface area contributed by atoms with Gasteiger partial charge in [0.15, 0.2) is 5.65 Å². The van der Waals surface area contributed by atoms with E-state index in [1.807, 2.05) is 34.9 Å². The van der Waals surface area contributed by atoms with Gasteiger partial charge in [0, 0.05) is 17.1 Å². The third kappa shape index (κ3) is 5.84. The molecule has 3 heterocycles. The Labute approximate surface area is 212 Å². The zero-order valence-corrected chi connectivity index (χ0v) is 19.5. The Balaban J connectivity index is 0.000000405. The van der Waals surface area contributed by atoms with Gasteiger partial charge in [0.25, 0.3) is 0 Å². The fourth-order valence-corrected chi connectivity index (χ4v) is 3.78. The van der Waals surface area contributed by atoms with Crippen molar-refractivity contribution in [1.29, 1.82) is 0 Å². The number of hydrogen-bond donors (Lipinski definition) is 2. The first-order valence-electron chi connectivity index (χ1n) is 10.6. The summed E-state index contributed by atoms with van der Waals surface area (Å²) in [5, 5.41) is 8.53. The van der Waals surface area contributed by atoms with Gasteiger partial charge in [-0.15, -0.1) is 0 Å². The van der Waals surface area contributed by atoms with E-state index in [1.54, 1.807) is 30.7 Å². The van der Waals surface area contributed by atoms with Crippen LogP contribution in [0.2, 0.25) is 5.02 Å². The van der Waals surface area contributed by atoms with Crippen LogP contribution in [-0.4, -0.2) is 42.7 Å². The first-order valence-corrected chi connectivity index (χ1v) is 11.0. The topological polar surface area (TPSA) is 124 Å². The van der Waals surface area contributed by atoms with Crippen LogP contribution in [-0.2, 0) is 11.3 Å². The highest BCUT2D eigenvalue weighted by Crippen LogP contribution is 2.26. The van der Waals surface area contributed by atoms with E-state index in [0.29, 0.717) is 11.6 Å². The summed E-state index contributed by atoms with van der Waals surface area (Å²) >= 11 is 6.21. The molecule has 8 nitrogen and oxygen atoms in total. The van der Waals surface area contributed by atoms with Crippen LogP contribution in [0.25, 0.3) is 33.3 Å². The minimum absolute atomic E-state index is 0.289. The molecule has 0 spiro atoms. The molecular weight excluding hydrogens is 511 g/mol. The number of fused-ring (bicyclic) bond motifs is 2. The molecule has 0 aliphatic carbocycles. The Morgan fingerprint density at radius 1 is 1.00 bits per heavy atom. The number of hydrogen-bond acceptors (Lipinski definition) is 5. The van der Waals surface area contributed by atoms with Gasteiger partial charge >= 0.3 is 12.1 Å². The average molecular weight is 528 g/mol. The van der Waals surface area contributed by atoms with Crippen LogP contribution in [0, 0.1) is 0 Å². The predicted molar refractivity (Wildman–Crippen MR) is 131 cm³/mol. The zero-order chi connectivity index (χ0) is 26.7. The Morgan fingerprint density at radius 3 is 2.41 bits per heavy atom. The molecule has 37 heavy (non-hydrogen) atoms. The number of carbonyl (C=O) groups excluding carboxylic acids is 1. The number of pyridine rings is 2. The Morgan fingerprint density at radius 2 is 1.73 bits per heavy atom. The van der Waals surface area contributed by atoms with Crippen molar-refractivity contribution in [2.75, 3.05) is 0 Å². The van der Waals surface area contributed by atoms with Gasteiger partial charge in [-0.25, -0.2) is 14.8 Å². The second-order valence-electron chi connectivity index (χ2n) is 7.80. The molecule has 12 heteroatoms. The molecule has 5 aromatic rings. The number of aliphatic carboxylic acids is 1. The number of aromatic nitrogens is 4. The van der Waals surface area contributed by atoms with E-state index in [0.717, 1.165) is 38.9 Å². The monoisotopic (exact) mass is 527 g/mol. The largest absolute Gasteiger partial charge is 0.490 e. The number of rotatable bonds is 4. The number of halogens is 4. The summed E-state index contributed by atoms with van der Waals surface area (Å²) in [7, 11) is 0. The smallest absolute Gasteiger partial charge is 0.475 e. The number of nitrogens with zero attached hydrogens (tertiary/aromatic N) is 4. The van der Waals surface area contributed by atoms with Crippen LogP contribution in [0.15, 0.2) is 73.2 Å². The van der Waals surface area contributed by atoms with E-state index < -0.39 is 18.1 Å². The van der Waals surface area contributed by atoms with E-state index in [1.165, 1.54) is 0 Å². The molecule has 1 amide bonds. The van der Waals surface area contributed by atoms with E-state index in [-0.39, 0.29) is 5.56 Å². The molecule has 3 N–H and O–H groups in total. The third-order valence-electron chi connectivity index (χ3n) is 5.26. The lowest BCUT2D eigenvalue weighted by Gasteiger charge is -2.08. The van der Waals surface area contributed by atoms with Crippen LogP contribution in [0.5, 0.6) is 0 Å². The summed E-state index contributed by atoms with van der Waals surface area (Å²) in [6, 6.07) is 19.1. The summed E-state index contributed by atoms with van der Waals surface area (Å²) in [6.07, 6.45) is -1.50. The second-order valence-corrected chi connectivity index (χ2v) is 8.21. The highest BCUT2D eigenvalue weighted by molar-refractivity contribution is 6.34. The summed E-state index contributed by atoms with van der Waals surface area (Å²) in [6.45, 7) is 0.638. The van der Waals surface area contributed by atoms with Crippen molar-refractivity contribution >= 4 is 45.5 Å². The molecular formula is C25H17ClF3N5O3. The van der Waals surface area contributed by atoms with Gasteiger partial charge in [0.05, 0.1) is 34.7 Å². The van der Waals surface area contributed by atoms with Crippen LogP contribution < -0.4 is 5.73 Å². The molecule has 2 aromatic carbocycles. The Bertz CT molecular complexity index is 1640. The van der Waals surface area contributed by atoms with Crippen molar-refractivity contribution in [2.45, 2.75) is 12.7 Å². The average Bonchev–Trinajstić information content (AvgIpc) is 3.25. The van der Waals surface area contributed by atoms with Crippen LogP contribution in [0.3, 0.4) is 0 Å². The minimum Gasteiger partial charge on any atom is -0.475 e. The molecule has 0 radical (unpaired) electrons. The number of alkyl halides is 3. The zero-order valence-electron chi connectivity index (χ0n) is 18.8. The molecule has 0 saturated carbocycles. The van der Waals surface area contributed by atoms with Crippen molar-refractivity contribution < 1.29 is 27.9 Å². The molecule has 0 saturated heterocycles. The Hall–Kier alpha value is -4.51. The molecule has 0 aliphatic heterocycles. The molecule has 0 bridgehead atoms. The SMILES string of the molecule is NC(=O)c1ccc(-c2ccc3ncn(Cc4ccc5ncccc5c4)c3n2)cc1Cl.O=C(O)C(F)(F)F. The van der Waals surface area contributed by atoms with Gasteiger partial charge < -0.3 is 15.4 Å². The van der Waals surface area contributed by atoms with Crippen LogP contribution in [0.1, 0.15) is 15.9 Å². The van der Waals surface area contributed by atoms with E-state index in [4.69, 9.17) is 32.2 Å². The first kappa shape index (κ1) is 25.6. The molecule has 5 rings (SSSR count). The van der Waals surface area contributed by atoms with Crippen molar-refractivity contribution in [3.63, 3.8) is 0 Å². The van der Waals surface area contributed by atoms with Gasteiger partial charge in [-0.3, -0.25) is 9.78 Å². The maximum atomic E-state index is 11.4. The first-order chi connectivity index (χ1) is 17.5. The third-order valence-corrected chi connectivity index (χ3v) is 5.57. The predicted octanol–water partition coefficient (Wildman–Crippen LogP) is 5.08. The van der Waals surface area contributed by atoms with Crippen LogP contribution >= 0.6 is 11.6 Å². The summed E-state index contributed by atoms with van der Waals surface area (Å²) in [4.78, 5) is 33.9. The van der Waals surface area contributed by atoms with Gasteiger partial charge in [-0.1, -0.05) is 29.8 Å². The van der Waals surface area contributed by atoms with E-state index in [2.05, 4.69) is 22.1 Å². The molecule has 0 fully saturated rings. The molecule has 0 aliphatic rings. The fraction of sp³-hybridized carbons (Fsp3) is 0.0800. The lowest BCUT2D eigenvalue weighted by atomic mass is 10.1. The number of carbonyl (C=O) groups is 2. The van der Waals surface area contributed by atoms with Gasteiger partial charge in [-0.2, -0.15) is 13.2 Å². The number of amides is 1. The highest BCUT2D eigenvalue weighted by Gasteiger charge is 2.38. The second kappa shape index (κ2) is 10.2. The van der Waals surface area contributed by atoms with Crippen molar-refractivity contribution in [2.24, 2.45) is 5.73 Å².